The van der Waals surface area contributed by atoms with Crippen molar-refractivity contribution in [1.29, 1.82) is 0 Å². The van der Waals surface area contributed by atoms with Crippen LogP contribution in [0.2, 0.25) is 0 Å². The van der Waals surface area contributed by atoms with Crippen LogP contribution >= 0.6 is 0 Å². The molecule has 0 aliphatic rings. The lowest BCUT2D eigenvalue weighted by molar-refractivity contribution is -0.116. The molecule has 1 amide bonds. The molecule has 0 aliphatic carbocycles. The number of nitrogens with one attached hydrogen (secondary N) is 2. The van der Waals surface area contributed by atoms with E-state index in [9.17, 15) is 9.18 Å². The summed E-state index contributed by atoms with van der Waals surface area (Å²) in [5, 5.41) is 14.2. The van der Waals surface area contributed by atoms with Crippen LogP contribution in [0.3, 0.4) is 0 Å². The highest BCUT2D eigenvalue weighted by Crippen LogP contribution is 2.35. The molecule has 2 heterocycles. The zero-order chi connectivity index (χ0) is 24.2. The molecule has 34 heavy (non-hydrogen) atoms. The second-order valence-electron chi connectivity index (χ2n) is 7.81. The van der Waals surface area contributed by atoms with Crippen LogP contribution in [0.4, 0.5) is 21.6 Å². The van der Waals surface area contributed by atoms with Gasteiger partial charge in [-0.2, -0.15) is 0 Å². The Morgan fingerprint density at radius 2 is 1.97 bits per heavy atom. The maximum Gasteiger partial charge on any atom is 0.246 e. The molecule has 2 aromatic carbocycles. The summed E-state index contributed by atoms with van der Waals surface area (Å²) in [4.78, 5) is 20.8. The second kappa shape index (κ2) is 9.69. The molecular weight excluding hydrogens is 441 g/mol. The molecule has 0 fully saturated rings. The van der Waals surface area contributed by atoms with Gasteiger partial charge in [-0.05, 0) is 24.1 Å². The maximum absolute atomic E-state index is 14.9. The second-order valence-corrected chi connectivity index (χ2v) is 7.81. The lowest BCUT2D eigenvalue weighted by Crippen LogP contribution is -2.19. The van der Waals surface area contributed by atoms with Crippen molar-refractivity contribution in [1.82, 2.24) is 25.0 Å². The topological polar surface area (TPSA) is 116 Å². The zero-order valence-corrected chi connectivity index (χ0v) is 19.2. The van der Waals surface area contributed by atoms with Gasteiger partial charge in [-0.3, -0.25) is 4.79 Å². The summed E-state index contributed by atoms with van der Waals surface area (Å²) >= 11 is 0. The summed E-state index contributed by atoms with van der Waals surface area (Å²) in [5.74, 6) is 0.718. The third-order valence-corrected chi connectivity index (χ3v) is 5.09. The number of aromatic nitrogens is 5. The fraction of sp³-hybridized carbons (Fsp3) is 0.261. The number of carbonyl (C=O) groups is 1. The molecule has 2 aromatic heterocycles. The fourth-order valence-corrected chi connectivity index (χ4v) is 3.33. The van der Waals surface area contributed by atoms with Crippen molar-refractivity contribution < 1.29 is 18.7 Å². The smallest absolute Gasteiger partial charge is 0.246 e. The molecule has 2 N–H and O–H groups in total. The minimum absolute atomic E-state index is 0.0302. The third kappa shape index (κ3) is 4.87. The number of hydrogen-bond donors (Lipinski definition) is 2. The van der Waals surface area contributed by atoms with Crippen LogP contribution in [0, 0.1) is 5.82 Å². The molecule has 0 spiro atoms. The van der Waals surface area contributed by atoms with Gasteiger partial charge in [-0.1, -0.05) is 19.1 Å². The number of halogens is 1. The molecule has 4 aromatic rings. The summed E-state index contributed by atoms with van der Waals surface area (Å²) in [6.07, 6.45) is 3.08. The lowest BCUT2D eigenvalue weighted by Gasteiger charge is -2.14. The fourth-order valence-electron chi connectivity index (χ4n) is 3.33. The van der Waals surface area contributed by atoms with Gasteiger partial charge >= 0.3 is 0 Å². The number of amides is 1. The first-order valence-electron chi connectivity index (χ1n) is 10.5. The number of hydrogen-bond acceptors (Lipinski definition) is 8. The normalized spacial score (nSPS) is 11.0. The number of benzene rings is 2. The van der Waals surface area contributed by atoms with Crippen molar-refractivity contribution in [3.05, 3.63) is 54.4 Å². The number of nitrogens with zero attached hydrogens (tertiary/aromatic N) is 5. The van der Waals surface area contributed by atoms with E-state index < -0.39 is 5.82 Å². The number of carbonyl (C=O) groups excluding carboxylic acids is 1. The quantitative estimate of drug-likeness (QED) is 0.403. The number of anilines is 3. The molecule has 0 aliphatic heterocycles. The Labute approximate surface area is 195 Å². The first kappa shape index (κ1) is 22.9. The van der Waals surface area contributed by atoms with Crippen LogP contribution in [0.5, 0.6) is 11.5 Å². The van der Waals surface area contributed by atoms with Gasteiger partial charge in [-0.25, -0.2) is 19.0 Å². The Balaban J connectivity index is 1.51. The van der Waals surface area contributed by atoms with E-state index in [0.717, 1.165) is 5.69 Å². The minimum atomic E-state index is -0.570. The Hall–Kier alpha value is -4.28. The molecule has 0 unspecified atom stereocenters. The molecule has 0 radical (unpaired) electrons. The van der Waals surface area contributed by atoms with Crippen molar-refractivity contribution in [3.63, 3.8) is 0 Å². The van der Waals surface area contributed by atoms with Crippen molar-refractivity contribution >= 4 is 34.0 Å². The van der Waals surface area contributed by atoms with Gasteiger partial charge in [0.25, 0.3) is 0 Å². The SMILES string of the molecule is COc1cc(OC)c2c(Nc3ccc(NC(=O)Cn4cc(C(C)C)nn4)cc3F)ncnc2c1. The van der Waals surface area contributed by atoms with Crippen LogP contribution in [0.15, 0.2) is 42.9 Å². The summed E-state index contributed by atoms with van der Waals surface area (Å²) in [5.41, 5.74) is 1.86. The van der Waals surface area contributed by atoms with Crippen LogP contribution in [-0.2, 0) is 11.3 Å². The van der Waals surface area contributed by atoms with Gasteiger partial charge in [-0.15, -0.1) is 5.10 Å². The highest BCUT2D eigenvalue weighted by Gasteiger charge is 2.15. The van der Waals surface area contributed by atoms with Crippen LogP contribution in [0.1, 0.15) is 25.5 Å². The summed E-state index contributed by atoms with van der Waals surface area (Å²) in [7, 11) is 3.07. The predicted octanol–water partition coefficient (Wildman–Crippen LogP) is 3.88. The Morgan fingerprint density at radius 3 is 2.65 bits per heavy atom. The van der Waals surface area contributed by atoms with Gasteiger partial charge in [0, 0.05) is 24.0 Å². The molecule has 176 valence electrons. The summed E-state index contributed by atoms with van der Waals surface area (Å²) in [6.45, 7) is 3.95. The summed E-state index contributed by atoms with van der Waals surface area (Å²) < 4.78 is 27.0. The maximum atomic E-state index is 14.9. The van der Waals surface area contributed by atoms with E-state index >= 15 is 0 Å². The van der Waals surface area contributed by atoms with Crippen LogP contribution in [0.25, 0.3) is 10.9 Å². The number of rotatable bonds is 8. The Kier molecular flexibility index (Phi) is 6.53. The highest BCUT2D eigenvalue weighted by molar-refractivity contribution is 5.97. The van der Waals surface area contributed by atoms with Crippen molar-refractivity contribution in [2.45, 2.75) is 26.3 Å². The third-order valence-electron chi connectivity index (χ3n) is 5.09. The van der Waals surface area contributed by atoms with Gasteiger partial charge in [0.05, 0.1) is 36.5 Å². The molecular formula is C23H24FN7O3. The Morgan fingerprint density at radius 1 is 1.15 bits per heavy atom. The average Bonchev–Trinajstić information content (AvgIpc) is 3.28. The highest BCUT2D eigenvalue weighted by atomic mass is 19.1. The molecule has 4 rings (SSSR count). The Bertz CT molecular complexity index is 1340. The average molecular weight is 465 g/mol. The van der Waals surface area contributed by atoms with Crippen molar-refractivity contribution in [2.24, 2.45) is 0 Å². The molecule has 0 saturated heterocycles. The van der Waals surface area contributed by atoms with Crippen LogP contribution in [-0.4, -0.2) is 45.1 Å². The van der Waals surface area contributed by atoms with E-state index in [4.69, 9.17) is 9.47 Å². The van der Waals surface area contributed by atoms with Crippen molar-refractivity contribution in [2.75, 3.05) is 24.9 Å². The van der Waals surface area contributed by atoms with E-state index in [1.54, 1.807) is 31.5 Å². The van der Waals surface area contributed by atoms with Crippen molar-refractivity contribution in [3.8, 4) is 11.5 Å². The van der Waals surface area contributed by atoms with Gasteiger partial charge in [0.15, 0.2) is 0 Å². The zero-order valence-electron chi connectivity index (χ0n) is 19.2. The minimum Gasteiger partial charge on any atom is -0.497 e. The number of fused-ring (bicyclic) bond motifs is 1. The van der Waals surface area contributed by atoms with Crippen LogP contribution < -0.4 is 20.1 Å². The molecule has 11 heteroatoms. The predicted molar refractivity (Wildman–Crippen MR) is 125 cm³/mol. The molecule has 0 bridgehead atoms. The first-order valence-corrected chi connectivity index (χ1v) is 10.5. The number of methoxy groups -OCH3 is 2. The first-order chi connectivity index (χ1) is 16.4. The van der Waals surface area contributed by atoms with E-state index in [-0.39, 0.29) is 24.1 Å². The van der Waals surface area contributed by atoms with Gasteiger partial charge in [0.1, 0.15) is 36.0 Å². The molecule has 0 atom stereocenters. The van der Waals surface area contributed by atoms with E-state index in [0.29, 0.717) is 33.9 Å². The number of ether oxygens (including phenoxy) is 2. The lowest BCUT2D eigenvalue weighted by atomic mass is 10.2. The van der Waals surface area contributed by atoms with E-state index in [1.165, 1.54) is 30.3 Å². The van der Waals surface area contributed by atoms with Gasteiger partial charge in [0.2, 0.25) is 5.91 Å². The largest absolute Gasteiger partial charge is 0.497 e. The summed E-state index contributed by atoms with van der Waals surface area (Å²) in [6, 6.07) is 7.77. The van der Waals surface area contributed by atoms with Gasteiger partial charge < -0.3 is 20.1 Å². The molecule has 0 saturated carbocycles. The van der Waals surface area contributed by atoms with E-state index in [2.05, 4.69) is 30.9 Å². The monoisotopic (exact) mass is 465 g/mol. The standard InChI is InChI=1S/C23H24FN7O3/c1-13(2)19-10-31(30-29-19)11-21(32)27-14-5-6-17(16(24)7-14)28-23-22-18(25-12-26-23)8-15(33-3)9-20(22)34-4/h5-10,12-13H,11H2,1-4H3,(H,27,32)(H,25,26,28). The molecule has 10 nitrogen and oxygen atoms in total. The van der Waals surface area contributed by atoms with E-state index in [1.807, 2.05) is 13.8 Å².